The summed E-state index contributed by atoms with van der Waals surface area (Å²) in [5.41, 5.74) is 0. The zero-order valence-corrected chi connectivity index (χ0v) is 11.2. The first-order valence-electron chi connectivity index (χ1n) is 2.46. The molecular formula is C6H3I3O. The maximum Gasteiger partial charge on any atom is 0.183 e. The topological polar surface area (TPSA) is 17.1 Å². The van der Waals surface area contributed by atoms with Gasteiger partial charge in [0.2, 0.25) is 0 Å². The van der Waals surface area contributed by atoms with E-state index in [-0.39, 0.29) is 0 Å². The molecule has 1 aromatic rings. The van der Waals surface area contributed by atoms with Crippen LogP contribution in [0.5, 0.6) is 0 Å². The zero-order chi connectivity index (χ0) is 7.56. The Labute approximate surface area is 96.9 Å². The Morgan fingerprint density at radius 1 is 1.30 bits per heavy atom. The lowest BCUT2D eigenvalue weighted by Gasteiger charge is -1.93. The highest BCUT2D eigenvalue weighted by Gasteiger charge is 1.97. The maximum absolute atomic E-state index is 10.6. The van der Waals surface area contributed by atoms with E-state index in [0.717, 1.165) is 7.14 Å². The number of halogens is 3. The van der Waals surface area contributed by atoms with Gasteiger partial charge < -0.3 is 0 Å². The SMILES string of the molecule is O=Ic1ccc(I)cc1I. The summed E-state index contributed by atoms with van der Waals surface area (Å²) in [4.78, 5) is 0. The molecule has 0 aliphatic carbocycles. The Morgan fingerprint density at radius 2 is 2.00 bits per heavy atom. The minimum Gasteiger partial charge on any atom is -0.265 e. The van der Waals surface area contributed by atoms with Gasteiger partial charge in [0.1, 0.15) is 0 Å². The number of benzene rings is 1. The van der Waals surface area contributed by atoms with Gasteiger partial charge in [-0.1, -0.05) is 0 Å². The molecule has 0 aromatic heterocycles. The second-order valence-electron chi connectivity index (χ2n) is 1.64. The molecule has 0 aliphatic rings. The Hall–Kier alpha value is 1.21. The molecule has 0 amide bonds. The lowest BCUT2D eigenvalue weighted by atomic mass is 10.4. The summed E-state index contributed by atoms with van der Waals surface area (Å²) in [6.07, 6.45) is 0. The lowest BCUT2D eigenvalue weighted by molar-refractivity contribution is 0.648. The molecule has 0 N–H and O–H groups in total. The molecule has 0 unspecified atom stereocenters. The summed E-state index contributed by atoms with van der Waals surface area (Å²) >= 11 is 3.47. The molecule has 0 radical (unpaired) electrons. The van der Waals surface area contributed by atoms with Crippen molar-refractivity contribution in [2.75, 3.05) is 0 Å². The van der Waals surface area contributed by atoms with Gasteiger partial charge in [0.25, 0.3) is 0 Å². The predicted octanol–water partition coefficient (Wildman–Crippen LogP) is 3.38. The Bertz CT molecular complexity index is 259. The van der Waals surface area contributed by atoms with Crippen LogP contribution >= 0.6 is 66.4 Å². The third-order valence-electron chi connectivity index (χ3n) is 0.965. The molecule has 10 heavy (non-hydrogen) atoms. The van der Waals surface area contributed by atoms with E-state index in [9.17, 15) is 3.07 Å². The molecule has 0 heterocycles. The number of hydrogen-bond acceptors (Lipinski definition) is 1. The van der Waals surface area contributed by atoms with Crippen molar-refractivity contribution in [3.05, 3.63) is 28.9 Å². The van der Waals surface area contributed by atoms with Crippen LogP contribution in [-0.2, 0) is 3.07 Å². The molecule has 4 heteroatoms. The minimum atomic E-state index is -0.986. The van der Waals surface area contributed by atoms with Crippen molar-refractivity contribution in [3.63, 3.8) is 0 Å². The monoisotopic (exact) mass is 472 g/mol. The fourth-order valence-corrected chi connectivity index (χ4v) is 3.39. The van der Waals surface area contributed by atoms with Crippen LogP contribution in [0.1, 0.15) is 0 Å². The van der Waals surface area contributed by atoms with Crippen LogP contribution in [-0.4, -0.2) is 0 Å². The van der Waals surface area contributed by atoms with E-state index in [1.807, 2.05) is 18.2 Å². The standard InChI is InChI=1S/C6H3I3O/c7-4-1-2-6(9-10)5(8)3-4/h1-3H. The van der Waals surface area contributed by atoms with Crippen LogP contribution < -0.4 is 0 Å². The first-order valence-corrected chi connectivity index (χ1v) is 6.58. The van der Waals surface area contributed by atoms with Gasteiger partial charge in [-0.15, -0.1) is 0 Å². The average molecular weight is 472 g/mol. The second kappa shape index (κ2) is 4.29. The maximum atomic E-state index is 10.6. The smallest absolute Gasteiger partial charge is 0.183 e. The minimum absolute atomic E-state index is 0.986. The van der Waals surface area contributed by atoms with E-state index in [1.54, 1.807) is 0 Å². The molecule has 0 saturated heterocycles. The zero-order valence-electron chi connectivity index (χ0n) is 4.77. The van der Waals surface area contributed by atoms with Crippen molar-refractivity contribution in [1.29, 1.82) is 0 Å². The third-order valence-corrected chi connectivity index (χ3v) is 4.98. The summed E-state index contributed by atoms with van der Waals surface area (Å²) in [6, 6.07) is 5.95. The van der Waals surface area contributed by atoms with Gasteiger partial charge in [-0.05, 0) is 63.4 Å². The van der Waals surface area contributed by atoms with Crippen LogP contribution in [0.25, 0.3) is 0 Å². The Morgan fingerprint density at radius 3 is 2.50 bits per heavy atom. The summed E-state index contributed by atoms with van der Waals surface area (Å²) < 4.78 is 13.9. The molecule has 0 bridgehead atoms. The van der Waals surface area contributed by atoms with E-state index >= 15 is 0 Å². The van der Waals surface area contributed by atoms with Crippen molar-refractivity contribution in [2.45, 2.75) is 0 Å². The van der Waals surface area contributed by atoms with Crippen LogP contribution in [0.4, 0.5) is 0 Å². The molecule has 1 rings (SSSR count). The summed E-state index contributed by atoms with van der Waals surface area (Å²) in [7, 11) is 0. The van der Waals surface area contributed by atoms with Crippen LogP contribution in [0, 0.1) is 10.7 Å². The van der Waals surface area contributed by atoms with Crippen molar-refractivity contribution in [2.24, 2.45) is 0 Å². The molecule has 0 spiro atoms. The number of hydrogen-bond donors (Lipinski definition) is 0. The molecule has 0 saturated carbocycles. The Balaban J connectivity index is 3.19. The van der Waals surface area contributed by atoms with E-state index in [1.165, 1.54) is 3.57 Å². The van der Waals surface area contributed by atoms with Gasteiger partial charge in [0.05, 0.1) is 3.57 Å². The van der Waals surface area contributed by atoms with Gasteiger partial charge in [-0.25, -0.2) is 0 Å². The average Bonchev–Trinajstić information content (AvgIpc) is 1.88. The lowest BCUT2D eigenvalue weighted by Crippen LogP contribution is -1.79. The third kappa shape index (κ3) is 2.36. The molecule has 1 nitrogen and oxygen atoms in total. The molecule has 1 aromatic carbocycles. The van der Waals surface area contributed by atoms with E-state index in [4.69, 9.17) is 0 Å². The van der Waals surface area contributed by atoms with Crippen molar-refractivity contribution in [1.82, 2.24) is 0 Å². The molecule has 0 atom stereocenters. The van der Waals surface area contributed by atoms with Gasteiger partial charge in [0.15, 0.2) is 21.2 Å². The predicted molar refractivity (Wildman–Crippen MR) is 65.3 cm³/mol. The van der Waals surface area contributed by atoms with Gasteiger partial charge >= 0.3 is 0 Å². The van der Waals surface area contributed by atoms with Crippen molar-refractivity contribution >= 4 is 66.4 Å². The van der Waals surface area contributed by atoms with E-state index < -0.39 is 21.2 Å². The highest BCUT2D eigenvalue weighted by Crippen LogP contribution is 2.20. The first kappa shape index (κ1) is 9.30. The molecule has 54 valence electrons. The van der Waals surface area contributed by atoms with Crippen molar-refractivity contribution in [3.8, 4) is 0 Å². The summed E-state index contributed by atoms with van der Waals surface area (Å²) in [5.74, 6) is 0. The molecular weight excluding hydrogens is 469 g/mol. The largest absolute Gasteiger partial charge is 0.265 e. The van der Waals surface area contributed by atoms with E-state index in [0.29, 0.717) is 0 Å². The molecule has 0 fully saturated rings. The quantitative estimate of drug-likeness (QED) is 0.453. The van der Waals surface area contributed by atoms with Gasteiger partial charge in [-0.3, -0.25) is 3.07 Å². The summed E-state index contributed by atoms with van der Waals surface area (Å²) in [5, 5.41) is 0. The van der Waals surface area contributed by atoms with Gasteiger partial charge in [-0.2, -0.15) is 0 Å². The fourth-order valence-electron chi connectivity index (χ4n) is 0.533. The van der Waals surface area contributed by atoms with E-state index in [2.05, 4.69) is 45.2 Å². The highest BCUT2D eigenvalue weighted by molar-refractivity contribution is 14.2. The van der Waals surface area contributed by atoms with Gasteiger partial charge in [0, 0.05) is 7.14 Å². The normalized spacial score (nSPS) is 9.80. The first-order chi connectivity index (χ1) is 4.74. The summed E-state index contributed by atoms with van der Waals surface area (Å²) in [6.45, 7) is 0. The van der Waals surface area contributed by atoms with Crippen LogP contribution in [0.2, 0.25) is 0 Å². The number of rotatable bonds is 1. The van der Waals surface area contributed by atoms with Crippen LogP contribution in [0.3, 0.4) is 0 Å². The Kier molecular flexibility index (Phi) is 3.99. The highest BCUT2D eigenvalue weighted by atomic mass is 127. The molecule has 0 aliphatic heterocycles. The van der Waals surface area contributed by atoms with Crippen molar-refractivity contribution < 1.29 is 3.07 Å². The fraction of sp³-hybridized carbons (Fsp3) is 0. The second-order valence-corrected chi connectivity index (χ2v) is 5.65. The van der Waals surface area contributed by atoms with Crippen LogP contribution in [0.15, 0.2) is 18.2 Å².